The fourth-order valence-corrected chi connectivity index (χ4v) is 2.24. The van der Waals surface area contributed by atoms with Crippen LogP contribution in [0.1, 0.15) is 31.4 Å². The quantitative estimate of drug-likeness (QED) is 0.858. The van der Waals surface area contributed by atoms with Crippen LogP contribution in [0.3, 0.4) is 0 Å². The van der Waals surface area contributed by atoms with Gasteiger partial charge in [0.15, 0.2) is 5.15 Å². The van der Waals surface area contributed by atoms with Crippen LogP contribution >= 0.6 is 11.6 Å². The van der Waals surface area contributed by atoms with Crippen molar-refractivity contribution in [3.63, 3.8) is 0 Å². The molecule has 0 atom stereocenters. The van der Waals surface area contributed by atoms with E-state index in [-0.39, 0.29) is 0 Å². The van der Waals surface area contributed by atoms with Crippen molar-refractivity contribution in [2.45, 2.75) is 25.7 Å². The van der Waals surface area contributed by atoms with Gasteiger partial charge in [-0.3, -0.25) is 0 Å². The van der Waals surface area contributed by atoms with Crippen molar-refractivity contribution in [2.24, 2.45) is 0 Å². The number of piperidine rings is 1. The summed E-state index contributed by atoms with van der Waals surface area (Å²) in [6.45, 7) is 5.58. The molecule has 5 heteroatoms. The van der Waals surface area contributed by atoms with Gasteiger partial charge in [-0.05, 0) is 38.5 Å². The first kappa shape index (κ1) is 11.6. The van der Waals surface area contributed by atoms with Crippen LogP contribution in [0.25, 0.3) is 0 Å². The van der Waals surface area contributed by atoms with Gasteiger partial charge in [-0.25, -0.2) is 0 Å². The second kappa shape index (κ2) is 4.97. The maximum absolute atomic E-state index is 5.76. The summed E-state index contributed by atoms with van der Waals surface area (Å²) in [5, 5.41) is 8.30. The second-order valence-corrected chi connectivity index (χ2v) is 4.58. The lowest BCUT2D eigenvalue weighted by atomic mass is 9.93. The molecule has 1 aliphatic rings. The first-order chi connectivity index (χ1) is 7.70. The Balaban J connectivity index is 2.05. The number of nitrogens with zero attached hydrogens (tertiary/aromatic N) is 3. The smallest absolute Gasteiger partial charge is 0.174 e. The standard InChI is InChI=1S/C11H17ClN4/c1-2-16-5-3-8(4-6-16)10-7-9(13)11(12)15-14-10/h7-8H,2-6H2,1H3,(H2,13,14). The van der Waals surface area contributed by atoms with E-state index < -0.39 is 0 Å². The summed E-state index contributed by atoms with van der Waals surface area (Å²) in [6, 6.07) is 1.86. The number of hydrogen-bond acceptors (Lipinski definition) is 4. The highest BCUT2D eigenvalue weighted by molar-refractivity contribution is 6.31. The molecule has 2 heterocycles. The zero-order chi connectivity index (χ0) is 11.5. The number of aromatic nitrogens is 2. The summed E-state index contributed by atoms with van der Waals surface area (Å²) in [4.78, 5) is 2.45. The molecule has 1 aromatic rings. The molecule has 88 valence electrons. The number of anilines is 1. The van der Waals surface area contributed by atoms with Crippen molar-refractivity contribution in [3.05, 3.63) is 16.9 Å². The third-order valence-electron chi connectivity index (χ3n) is 3.25. The highest BCUT2D eigenvalue weighted by atomic mass is 35.5. The maximum Gasteiger partial charge on any atom is 0.174 e. The molecule has 0 saturated carbocycles. The monoisotopic (exact) mass is 240 g/mol. The van der Waals surface area contributed by atoms with E-state index in [1.807, 2.05) is 6.07 Å². The van der Waals surface area contributed by atoms with Crippen molar-refractivity contribution >= 4 is 17.3 Å². The Morgan fingerprint density at radius 3 is 2.69 bits per heavy atom. The number of likely N-dealkylation sites (tertiary alicyclic amines) is 1. The Labute approximate surface area is 101 Å². The summed E-state index contributed by atoms with van der Waals surface area (Å²) < 4.78 is 0. The van der Waals surface area contributed by atoms with Gasteiger partial charge in [-0.2, -0.15) is 5.10 Å². The molecule has 1 aromatic heterocycles. The number of nitrogens with two attached hydrogens (primary N) is 1. The molecule has 2 rings (SSSR count). The molecule has 1 saturated heterocycles. The third-order valence-corrected chi connectivity index (χ3v) is 3.54. The van der Waals surface area contributed by atoms with Crippen LogP contribution in [0.15, 0.2) is 6.07 Å². The first-order valence-electron chi connectivity index (χ1n) is 5.71. The topological polar surface area (TPSA) is 55.0 Å². The minimum absolute atomic E-state index is 0.301. The Bertz CT molecular complexity index is 361. The molecule has 0 unspecified atom stereocenters. The summed E-state index contributed by atoms with van der Waals surface area (Å²) in [5.74, 6) is 0.481. The summed E-state index contributed by atoms with van der Waals surface area (Å²) in [7, 11) is 0. The normalized spacial score (nSPS) is 18.9. The van der Waals surface area contributed by atoms with Gasteiger partial charge in [-0.1, -0.05) is 18.5 Å². The molecule has 1 aliphatic heterocycles. The summed E-state index contributed by atoms with van der Waals surface area (Å²) in [6.07, 6.45) is 2.26. The predicted molar refractivity (Wildman–Crippen MR) is 65.5 cm³/mol. The molecule has 1 fully saturated rings. The van der Waals surface area contributed by atoms with E-state index >= 15 is 0 Å². The van der Waals surface area contributed by atoms with Crippen molar-refractivity contribution in [1.82, 2.24) is 15.1 Å². The Kier molecular flexibility index (Phi) is 3.61. The number of halogens is 1. The highest BCUT2D eigenvalue weighted by Gasteiger charge is 2.21. The molecule has 2 N–H and O–H groups in total. The minimum atomic E-state index is 0.301. The van der Waals surface area contributed by atoms with Crippen LogP contribution < -0.4 is 5.73 Å². The molecule has 0 aliphatic carbocycles. The lowest BCUT2D eigenvalue weighted by Gasteiger charge is -2.30. The maximum atomic E-state index is 5.76. The van der Waals surface area contributed by atoms with Gasteiger partial charge in [0.25, 0.3) is 0 Å². The van der Waals surface area contributed by atoms with E-state index in [0.717, 1.165) is 38.2 Å². The van der Waals surface area contributed by atoms with E-state index in [4.69, 9.17) is 17.3 Å². The summed E-state index contributed by atoms with van der Waals surface area (Å²) in [5.41, 5.74) is 7.25. The highest BCUT2D eigenvalue weighted by Crippen LogP contribution is 2.28. The third kappa shape index (κ3) is 2.44. The van der Waals surface area contributed by atoms with Gasteiger partial charge < -0.3 is 10.6 Å². The van der Waals surface area contributed by atoms with E-state index in [9.17, 15) is 0 Å². The van der Waals surface area contributed by atoms with Crippen molar-refractivity contribution in [3.8, 4) is 0 Å². The van der Waals surface area contributed by atoms with E-state index in [1.54, 1.807) is 0 Å². The average Bonchev–Trinajstić information content (AvgIpc) is 2.33. The molecule has 0 aromatic carbocycles. The van der Waals surface area contributed by atoms with Gasteiger partial charge in [0.2, 0.25) is 0 Å². The molecule has 0 radical (unpaired) electrons. The van der Waals surface area contributed by atoms with Crippen molar-refractivity contribution in [1.29, 1.82) is 0 Å². The van der Waals surface area contributed by atoms with Crippen LogP contribution in [0.4, 0.5) is 5.69 Å². The zero-order valence-electron chi connectivity index (χ0n) is 9.49. The molecule has 0 amide bonds. The first-order valence-corrected chi connectivity index (χ1v) is 6.09. The van der Waals surface area contributed by atoms with E-state index in [2.05, 4.69) is 22.0 Å². The molecule has 0 spiro atoms. The Morgan fingerprint density at radius 2 is 2.12 bits per heavy atom. The number of hydrogen-bond donors (Lipinski definition) is 1. The van der Waals surface area contributed by atoms with Gasteiger partial charge in [0.05, 0.1) is 11.4 Å². The molecular formula is C11H17ClN4. The van der Waals surface area contributed by atoms with Crippen LogP contribution in [-0.4, -0.2) is 34.7 Å². The molecule has 4 nitrogen and oxygen atoms in total. The number of nitrogen functional groups attached to an aromatic ring is 1. The van der Waals surface area contributed by atoms with Crippen LogP contribution in [-0.2, 0) is 0 Å². The molecule has 16 heavy (non-hydrogen) atoms. The lowest BCUT2D eigenvalue weighted by molar-refractivity contribution is 0.220. The number of rotatable bonds is 2. The zero-order valence-corrected chi connectivity index (χ0v) is 10.2. The van der Waals surface area contributed by atoms with E-state index in [1.165, 1.54) is 0 Å². The van der Waals surface area contributed by atoms with Gasteiger partial charge in [0, 0.05) is 5.92 Å². The van der Waals surface area contributed by atoms with Crippen molar-refractivity contribution in [2.75, 3.05) is 25.4 Å². The fourth-order valence-electron chi connectivity index (χ4n) is 2.15. The summed E-state index contributed by atoms with van der Waals surface area (Å²) >= 11 is 5.76. The van der Waals surface area contributed by atoms with Gasteiger partial charge >= 0.3 is 0 Å². The van der Waals surface area contributed by atoms with Crippen LogP contribution in [0, 0.1) is 0 Å². The molecule has 0 bridgehead atoms. The van der Waals surface area contributed by atoms with Crippen LogP contribution in [0.5, 0.6) is 0 Å². The lowest BCUT2D eigenvalue weighted by Crippen LogP contribution is -2.32. The Hall–Kier alpha value is -0.870. The second-order valence-electron chi connectivity index (χ2n) is 4.22. The minimum Gasteiger partial charge on any atom is -0.396 e. The van der Waals surface area contributed by atoms with Crippen LogP contribution in [0.2, 0.25) is 5.15 Å². The van der Waals surface area contributed by atoms with Crippen molar-refractivity contribution < 1.29 is 0 Å². The van der Waals surface area contributed by atoms with E-state index in [0.29, 0.717) is 16.8 Å². The largest absolute Gasteiger partial charge is 0.396 e. The average molecular weight is 241 g/mol. The molecular weight excluding hydrogens is 224 g/mol. The van der Waals surface area contributed by atoms with Gasteiger partial charge in [-0.15, -0.1) is 5.10 Å². The SMILES string of the molecule is CCN1CCC(c2cc(N)c(Cl)nn2)CC1. The Morgan fingerprint density at radius 1 is 1.44 bits per heavy atom. The van der Waals surface area contributed by atoms with Gasteiger partial charge in [0.1, 0.15) is 0 Å². The predicted octanol–water partition coefficient (Wildman–Crippen LogP) is 1.91. The fraction of sp³-hybridized carbons (Fsp3) is 0.636.